The van der Waals surface area contributed by atoms with E-state index in [0.29, 0.717) is 5.75 Å². The lowest BCUT2D eigenvalue weighted by Crippen LogP contribution is -2.24. The standard InChI is InChI=1S/C20H21NO6/c1-3-25-20(24)16-9-4-5-10-17(16)21-18(22)12-27-19(23)13-26-15-8-6-7-14(2)11-15/h4-11H,3,12-13H2,1-2H3,(H,21,22). The topological polar surface area (TPSA) is 90.9 Å². The van der Waals surface area contributed by atoms with Crippen LogP contribution in [0.3, 0.4) is 0 Å². The molecule has 2 rings (SSSR count). The van der Waals surface area contributed by atoms with E-state index in [1.165, 1.54) is 6.07 Å². The largest absolute Gasteiger partial charge is 0.482 e. The van der Waals surface area contributed by atoms with E-state index in [2.05, 4.69) is 5.32 Å². The minimum atomic E-state index is -0.676. The lowest BCUT2D eigenvalue weighted by molar-refractivity contribution is -0.149. The van der Waals surface area contributed by atoms with Crippen molar-refractivity contribution in [1.29, 1.82) is 0 Å². The van der Waals surface area contributed by atoms with Crippen LogP contribution in [0.25, 0.3) is 0 Å². The van der Waals surface area contributed by atoms with Crippen molar-refractivity contribution in [1.82, 2.24) is 0 Å². The second kappa shape index (κ2) is 9.96. The highest BCUT2D eigenvalue weighted by Crippen LogP contribution is 2.16. The summed E-state index contributed by atoms with van der Waals surface area (Å²) in [6.45, 7) is 3.02. The molecule has 0 radical (unpaired) electrons. The van der Waals surface area contributed by atoms with Crippen molar-refractivity contribution in [2.45, 2.75) is 13.8 Å². The van der Waals surface area contributed by atoms with Gasteiger partial charge in [-0.25, -0.2) is 9.59 Å². The molecule has 2 aromatic rings. The maximum absolute atomic E-state index is 12.0. The Bertz CT molecular complexity index is 818. The van der Waals surface area contributed by atoms with Gasteiger partial charge in [-0.15, -0.1) is 0 Å². The normalized spacial score (nSPS) is 10.0. The van der Waals surface area contributed by atoms with Gasteiger partial charge in [-0.05, 0) is 43.7 Å². The highest BCUT2D eigenvalue weighted by atomic mass is 16.6. The molecule has 0 heterocycles. The smallest absolute Gasteiger partial charge is 0.344 e. The number of esters is 2. The maximum atomic E-state index is 12.0. The molecule has 0 aliphatic rings. The maximum Gasteiger partial charge on any atom is 0.344 e. The third-order valence-corrected chi connectivity index (χ3v) is 3.41. The van der Waals surface area contributed by atoms with Gasteiger partial charge in [-0.2, -0.15) is 0 Å². The molecule has 0 saturated heterocycles. The van der Waals surface area contributed by atoms with Crippen LogP contribution in [0.15, 0.2) is 48.5 Å². The molecule has 0 saturated carbocycles. The molecular weight excluding hydrogens is 350 g/mol. The summed E-state index contributed by atoms with van der Waals surface area (Å²) in [5, 5.41) is 2.53. The van der Waals surface area contributed by atoms with Gasteiger partial charge in [0.15, 0.2) is 13.2 Å². The van der Waals surface area contributed by atoms with Gasteiger partial charge >= 0.3 is 11.9 Å². The molecule has 0 aromatic heterocycles. The predicted molar refractivity (Wildman–Crippen MR) is 98.7 cm³/mol. The molecule has 0 unspecified atom stereocenters. The van der Waals surface area contributed by atoms with Gasteiger partial charge in [0.25, 0.3) is 5.91 Å². The average molecular weight is 371 g/mol. The molecule has 1 N–H and O–H groups in total. The van der Waals surface area contributed by atoms with Gasteiger partial charge in [-0.1, -0.05) is 24.3 Å². The van der Waals surface area contributed by atoms with Crippen LogP contribution < -0.4 is 10.1 Å². The molecule has 0 fully saturated rings. The SMILES string of the molecule is CCOC(=O)c1ccccc1NC(=O)COC(=O)COc1cccc(C)c1. The molecule has 0 spiro atoms. The van der Waals surface area contributed by atoms with Crippen LogP contribution in [-0.4, -0.2) is 37.7 Å². The predicted octanol–water partition coefficient (Wildman–Crippen LogP) is 2.73. The van der Waals surface area contributed by atoms with Crippen molar-refractivity contribution < 1.29 is 28.6 Å². The minimum Gasteiger partial charge on any atom is -0.482 e. The number of ether oxygens (including phenoxy) is 3. The number of nitrogens with one attached hydrogen (secondary N) is 1. The Hall–Kier alpha value is -3.35. The molecular formula is C20H21NO6. The number of amides is 1. The van der Waals surface area contributed by atoms with Crippen molar-refractivity contribution in [2.24, 2.45) is 0 Å². The van der Waals surface area contributed by atoms with Gasteiger partial charge < -0.3 is 19.5 Å². The first kappa shape index (κ1) is 20.0. The highest BCUT2D eigenvalue weighted by Gasteiger charge is 2.15. The van der Waals surface area contributed by atoms with Crippen LogP contribution in [0.5, 0.6) is 5.75 Å². The molecule has 2 aromatic carbocycles. The summed E-state index contributed by atoms with van der Waals surface area (Å²) >= 11 is 0. The quantitative estimate of drug-likeness (QED) is 0.718. The van der Waals surface area contributed by atoms with Gasteiger partial charge in [0.05, 0.1) is 17.9 Å². The fourth-order valence-corrected chi connectivity index (χ4v) is 2.20. The molecule has 0 aliphatic heterocycles. The number of benzene rings is 2. The third-order valence-electron chi connectivity index (χ3n) is 3.41. The van der Waals surface area contributed by atoms with Crippen molar-refractivity contribution >= 4 is 23.5 Å². The summed E-state index contributed by atoms with van der Waals surface area (Å²) in [4.78, 5) is 35.6. The first-order valence-corrected chi connectivity index (χ1v) is 8.40. The summed E-state index contributed by atoms with van der Waals surface area (Å²) in [5.74, 6) is -1.25. The fourth-order valence-electron chi connectivity index (χ4n) is 2.20. The zero-order valence-electron chi connectivity index (χ0n) is 15.2. The number of hydrogen-bond donors (Lipinski definition) is 1. The van der Waals surface area contributed by atoms with Crippen LogP contribution in [0.4, 0.5) is 5.69 Å². The zero-order valence-corrected chi connectivity index (χ0v) is 15.2. The molecule has 27 heavy (non-hydrogen) atoms. The third kappa shape index (κ3) is 6.47. The van der Waals surface area contributed by atoms with Crippen LogP contribution >= 0.6 is 0 Å². The number of para-hydroxylation sites is 1. The molecule has 0 atom stereocenters. The Labute approximate surface area is 157 Å². The number of aryl methyl sites for hydroxylation is 1. The molecule has 7 nitrogen and oxygen atoms in total. The fraction of sp³-hybridized carbons (Fsp3) is 0.250. The Balaban J connectivity index is 1.82. The van der Waals surface area contributed by atoms with E-state index in [0.717, 1.165) is 5.56 Å². The highest BCUT2D eigenvalue weighted by molar-refractivity contribution is 6.01. The monoisotopic (exact) mass is 371 g/mol. The van der Waals surface area contributed by atoms with Gasteiger partial charge in [0.2, 0.25) is 0 Å². The second-order valence-corrected chi connectivity index (χ2v) is 5.58. The molecule has 1 amide bonds. The van der Waals surface area contributed by atoms with Crippen molar-refractivity contribution in [2.75, 3.05) is 25.1 Å². The molecule has 7 heteroatoms. The Morgan fingerprint density at radius 2 is 1.74 bits per heavy atom. The summed E-state index contributed by atoms with van der Waals surface area (Å²) < 4.78 is 15.1. The van der Waals surface area contributed by atoms with Gasteiger partial charge in [0, 0.05) is 0 Å². The van der Waals surface area contributed by atoms with Crippen molar-refractivity contribution in [3.05, 3.63) is 59.7 Å². The summed E-state index contributed by atoms with van der Waals surface area (Å²) in [5.41, 5.74) is 1.51. The first-order chi connectivity index (χ1) is 13.0. The van der Waals surface area contributed by atoms with E-state index in [4.69, 9.17) is 14.2 Å². The number of rotatable bonds is 8. The summed E-state index contributed by atoms with van der Waals surface area (Å²) in [6, 6.07) is 13.6. The number of carbonyl (C=O) groups excluding carboxylic acids is 3. The van der Waals surface area contributed by atoms with E-state index in [1.54, 1.807) is 37.3 Å². The van der Waals surface area contributed by atoms with Crippen LogP contribution in [0, 0.1) is 6.92 Å². The Kier molecular flexibility index (Phi) is 7.37. The van der Waals surface area contributed by atoms with E-state index in [1.807, 2.05) is 19.1 Å². The number of carbonyl (C=O) groups is 3. The summed E-state index contributed by atoms with van der Waals surface area (Å²) in [7, 11) is 0. The first-order valence-electron chi connectivity index (χ1n) is 8.40. The zero-order chi connectivity index (χ0) is 19.6. The molecule has 0 aliphatic carbocycles. The van der Waals surface area contributed by atoms with Crippen LogP contribution in [0.1, 0.15) is 22.8 Å². The van der Waals surface area contributed by atoms with Gasteiger partial charge in [-0.3, -0.25) is 4.79 Å². The van der Waals surface area contributed by atoms with E-state index >= 15 is 0 Å². The number of hydrogen-bond acceptors (Lipinski definition) is 6. The summed E-state index contributed by atoms with van der Waals surface area (Å²) in [6.07, 6.45) is 0. The van der Waals surface area contributed by atoms with Crippen molar-refractivity contribution in [3.8, 4) is 5.75 Å². The van der Waals surface area contributed by atoms with E-state index in [-0.39, 0.29) is 24.5 Å². The Morgan fingerprint density at radius 1 is 0.963 bits per heavy atom. The van der Waals surface area contributed by atoms with E-state index in [9.17, 15) is 14.4 Å². The minimum absolute atomic E-state index is 0.222. The van der Waals surface area contributed by atoms with E-state index < -0.39 is 24.5 Å². The second-order valence-electron chi connectivity index (χ2n) is 5.58. The van der Waals surface area contributed by atoms with Crippen LogP contribution in [-0.2, 0) is 19.1 Å². The lowest BCUT2D eigenvalue weighted by atomic mass is 10.2. The molecule has 142 valence electrons. The Morgan fingerprint density at radius 3 is 2.48 bits per heavy atom. The lowest BCUT2D eigenvalue weighted by Gasteiger charge is -2.11. The molecule has 0 bridgehead atoms. The van der Waals surface area contributed by atoms with Gasteiger partial charge in [0.1, 0.15) is 5.75 Å². The average Bonchev–Trinajstić information content (AvgIpc) is 2.65. The number of anilines is 1. The van der Waals surface area contributed by atoms with Crippen molar-refractivity contribution in [3.63, 3.8) is 0 Å². The van der Waals surface area contributed by atoms with Crippen LogP contribution in [0.2, 0.25) is 0 Å².